The van der Waals surface area contributed by atoms with E-state index in [1.807, 2.05) is 0 Å². The van der Waals surface area contributed by atoms with Crippen LogP contribution in [0.3, 0.4) is 0 Å². The summed E-state index contributed by atoms with van der Waals surface area (Å²) in [6.45, 7) is 4.55. The zero-order valence-corrected chi connectivity index (χ0v) is 17.4. The Labute approximate surface area is 181 Å². The number of anilines is 1. The van der Waals surface area contributed by atoms with Gasteiger partial charge in [0.05, 0.1) is 11.0 Å². The fourth-order valence-electron chi connectivity index (χ4n) is 3.33. The molecule has 0 spiro atoms. The van der Waals surface area contributed by atoms with E-state index in [1.165, 1.54) is 19.1 Å². The van der Waals surface area contributed by atoms with Crippen molar-refractivity contribution in [2.75, 3.05) is 5.32 Å². The summed E-state index contributed by atoms with van der Waals surface area (Å²) < 4.78 is 96.0. The van der Waals surface area contributed by atoms with Gasteiger partial charge in [-0.2, -0.15) is 13.2 Å². The van der Waals surface area contributed by atoms with E-state index in [2.05, 4.69) is 4.98 Å². The van der Waals surface area contributed by atoms with E-state index in [4.69, 9.17) is 0 Å². The highest BCUT2D eigenvalue weighted by Gasteiger charge is 2.39. The predicted molar refractivity (Wildman–Crippen MR) is 105 cm³/mol. The van der Waals surface area contributed by atoms with Crippen molar-refractivity contribution in [3.63, 3.8) is 0 Å². The molecule has 1 N–H and O–H groups in total. The second kappa shape index (κ2) is 8.49. The van der Waals surface area contributed by atoms with Gasteiger partial charge in [0.25, 0.3) is 5.56 Å². The molecule has 3 aromatic rings. The van der Waals surface area contributed by atoms with E-state index >= 15 is 0 Å². The van der Waals surface area contributed by atoms with Gasteiger partial charge in [-0.15, -0.1) is 0 Å². The number of aromatic nitrogens is 2. The van der Waals surface area contributed by atoms with E-state index in [1.54, 1.807) is 19.2 Å². The largest absolute Gasteiger partial charge is 0.438 e. The molecule has 3 rings (SSSR count). The van der Waals surface area contributed by atoms with Gasteiger partial charge in [0, 0.05) is 6.07 Å². The summed E-state index contributed by atoms with van der Waals surface area (Å²) in [6, 6.07) is 0.843. The summed E-state index contributed by atoms with van der Waals surface area (Å²) in [5.74, 6) is -8.78. The molecule has 1 amide bonds. The van der Waals surface area contributed by atoms with Crippen molar-refractivity contribution in [2.45, 2.75) is 39.4 Å². The summed E-state index contributed by atoms with van der Waals surface area (Å²) >= 11 is 0. The van der Waals surface area contributed by atoms with Gasteiger partial charge in [-0.25, -0.2) is 22.5 Å². The number of hydrogen-bond acceptors (Lipinski definition) is 3. The van der Waals surface area contributed by atoms with Crippen molar-refractivity contribution < 1.29 is 35.5 Å². The molecule has 2 aromatic carbocycles. The van der Waals surface area contributed by atoms with Crippen LogP contribution in [0.15, 0.2) is 23.0 Å². The molecule has 0 aliphatic rings. The van der Waals surface area contributed by atoms with Crippen LogP contribution < -0.4 is 10.9 Å². The first-order chi connectivity index (χ1) is 15.3. The van der Waals surface area contributed by atoms with Gasteiger partial charge in [0.15, 0.2) is 23.3 Å². The van der Waals surface area contributed by atoms with Crippen LogP contribution in [0.5, 0.6) is 0 Å². The molecule has 1 atom stereocenters. The second-order valence-electron chi connectivity index (χ2n) is 7.31. The molecule has 1 unspecified atom stereocenters. The van der Waals surface area contributed by atoms with Gasteiger partial charge >= 0.3 is 6.18 Å². The van der Waals surface area contributed by atoms with Crippen LogP contribution >= 0.6 is 0 Å². The molecule has 0 aliphatic heterocycles. The van der Waals surface area contributed by atoms with Crippen molar-refractivity contribution in [3.8, 4) is 0 Å². The Balaban J connectivity index is 2.25. The molecule has 12 heteroatoms. The average Bonchev–Trinajstić information content (AvgIpc) is 2.72. The highest BCUT2D eigenvalue weighted by atomic mass is 19.4. The number of rotatable bonds is 4. The Morgan fingerprint density at radius 2 is 1.58 bits per heavy atom. The quantitative estimate of drug-likeness (QED) is 0.418. The van der Waals surface area contributed by atoms with Crippen molar-refractivity contribution in [3.05, 3.63) is 68.6 Å². The summed E-state index contributed by atoms with van der Waals surface area (Å²) in [6.07, 6.45) is -5.47. The third-order valence-corrected chi connectivity index (χ3v) is 5.13. The van der Waals surface area contributed by atoms with Crippen LogP contribution in [-0.4, -0.2) is 15.5 Å². The standard InChI is InChI=1S/C21H16F7N3O2/c1-4-13(19(32)30-17-15(24)10(22)7-11(23)16(17)25)31-14-6-9(3)8(2)5-12(14)29-18(20(31)33)21(26,27)28/h5-7,13H,4H2,1-3H3,(H,30,32). The third kappa shape index (κ3) is 4.29. The van der Waals surface area contributed by atoms with Gasteiger partial charge in [0.2, 0.25) is 11.6 Å². The van der Waals surface area contributed by atoms with Crippen LogP contribution in [0.4, 0.5) is 36.4 Å². The molecule has 0 saturated heterocycles. The highest BCUT2D eigenvalue weighted by molar-refractivity contribution is 5.95. The Morgan fingerprint density at radius 3 is 2.09 bits per heavy atom. The Bertz CT molecular complexity index is 1310. The van der Waals surface area contributed by atoms with E-state index in [0.29, 0.717) is 15.7 Å². The van der Waals surface area contributed by atoms with Gasteiger partial charge in [-0.3, -0.25) is 14.2 Å². The molecule has 33 heavy (non-hydrogen) atoms. The van der Waals surface area contributed by atoms with Crippen molar-refractivity contribution in [2.24, 2.45) is 0 Å². The topological polar surface area (TPSA) is 64.0 Å². The zero-order chi connectivity index (χ0) is 24.8. The first kappa shape index (κ1) is 24.2. The van der Waals surface area contributed by atoms with Crippen LogP contribution in [0.25, 0.3) is 11.0 Å². The smallest absolute Gasteiger partial charge is 0.319 e. The molecule has 176 valence electrons. The molecular weight excluding hydrogens is 459 g/mol. The lowest BCUT2D eigenvalue weighted by Crippen LogP contribution is -2.38. The van der Waals surface area contributed by atoms with Gasteiger partial charge in [-0.1, -0.05) is 6.92 Å². The van der Waals surface area contributed by atoms with Gasteiger partial charge in [-0.05, 0) is 43.5 Å². The van der Waals surface area contributed by atoms with E-state index in [9.17, 15) is 40.3 Å². The Morgan fingerprint density at radius 1 is 1.03 bits per heavy atom. The van der Waals surface area contributed by atoms with Crippen molar-refractivity contribution in [1.29, 1.82) is 0 Å². The molecular formula is C21H16F7N3O2. The minimum absolute atomic E-state index is 0.0702. The number of hydrogen-bond donors (Lipinski definition) is 1. The fourth-order valence-corrected chi connectivity index (χ4v) is 3.33. The number of fused-ring (bicyclic) bond motifs is 1. The number of carbonyl (C=O) groups excluding carboxylic acids is 1. The molecule has 5 nitrogen and oxygen atoms in total. The molecule has 1 aromatic heterocycles. The molecule has 0 aliphatic carbocycles. The second-order valence-corrected chi connectivity index (χ2v) is 7.31. The average molecular weight is 475 g/mol. The number of nitrogens with zero attached hydrogens (tertiary/aromatic N) is 2. The zero-order valence-electron chi connectivity index (χ0n) is 17.4. The lowest BCUT2D eigenvalue weighted by molar-refractivity contribution is -0.142. The number of nitrogens with one attached hydrogen (secondary N) is 1. The summed E-state index contributed by atoms with van der Waals surface area (Å²) in [5.41, 5.74) is -4.17. The van der Waals surface area contributed by atoms with Crippen molar-refractivity contribution in [1.82, 2.24) is 9.55 Å². The number of aryl methyl sites for hydroxylation is 2. The molecule has 0 fully saturated rings. The van der Waals surface area contributed by atoms with E-state index < -0.39 is 58.3 Å². The maximum atomic E-state index is 14.0. The number of halogens is 7. The van der Waals surface area contributed by atoms with E-state index in [0.717, 1.165) is 0 Å². The lowest BCUT2D eigenvalue weighted by Gasteiger charge is -2.22. The van der Waals surface area contributed by atoms with Crippen LogP contribution in [-0.2, 0) is 11.0 Å². The number of carbonyl (C=O) groups is 1. The lowest BCUT2D eigenvalue weighted by atomic mass is 10.1. The van der Waals surface area contributed by atoms with Crippen LogP contribution in [0.1, 0.15) is 36.2 Å². The molecule has 1 heterocycles. The SMILES string of the molecule is CCC(C(=O)Nc1c(F)c(F)cc(F)c1F)n1c(=O)c(C(F)(F)F)nc2cc(C)c(C)cc21. The summed E-state index contributed by atoms with van der Waals surface area (Å²) in [5, 5.41) is 1.66. The number of alkyl halides is 3. The minimum Gasteiger partial charge on any atom is -0.319 e. The van der Waals surface area contributed by atoms with Gasteiger partial charge in [0.1, 0.15) is 11.7 Å². The summed E-state index contributed by atoms with van der Waals surface area (Å²) in [7, 11) is 0. The summed E-state index contributed by atoms with van der Waals surface area (Å²) in [4.78, 5) is 29.0. The van der Waals surface area contributed by atoms with Crippen LogP contribution in [0.2, 0.25) is 0 Å². The number of benzene rings is 2. The number of amides is 1. The fraction of sp³-hybridized carbons (Fsp3) is 0.286. The highest BCUT2D eigenvalue weighted by Crippen LogP contribution is 2.30. The first-order valence-electron chi connectivity index (χ1n) is 9.52. The van der Waals surface area contributed by atoms with Crippen molar-refractivity contribution >= 4 is 22.6 Å². The normalized spacial score (nSPS) is 12.8. The molecule has 0 bridgehead atoms. The maximum absolute atomic E-state index is 14.0. The van der Waals surface area contributed by atoms with Gasteiger partial charge < -0.3 is 5.32 Å². The van der Waals surface area contributed by atoms with Crippen LogP contribution in [0, 0.1) is 37.1 Å². The first-order valence-corrected chi connectivity index (χ1v) is 9.52. The Hall–Kier alpha value is -3.44. The molecule has 0 radical (unpaired) electrons. The third-order valence-electron chi connectivity index (χ3n) is 5.13. The monoisotopic (exact) mass is 475 g/mol. The Kier molecular flexibility index (Phi) is 6.22. The molecule has 0 saturated carbocycles. The maximum Gasteiger partial charge on any atom is 0.438 e. The predicted octanol–water partition coefficient (Wildman–Crippen LogP) is 5.18. The van der Waals surface area contributed by atoms with E-state index in [-0.39, 0.29) is 23.5 Å². The minimum atomic E-state index is -5.16.